The van der Waals surface area contributed by atoms with Gasteiger partial charge in [-0.05, 0) is 34.1 Å². The zero-order valence-corrected chi connectivity index (χ0v) is 13.2. The van der Waals surface area contributed by atoms with Gasteiger partial charge in [-0.3, -0.25) is 14.4 Å². The van der Waals surface area contributed by atoms with Gasteiger partial charge in [0, 0.05) is 12.8 Å². The molecule has 2 atom stereocenters. The first-order chi connectivity index (χ1) is 9.92. The van der Waals surface area contributed by atoms with Gasteiger partial charge in [-0.1, -0.05) is 0 Å². The molecule has 0 heterocycles. The molecule has 0 saturated carbocycles. The summed E-state index contributed by atoms with van der Waals surface area (Å²) in [7, 11) is 0. The van der Waals surface area contributed by atoms with Crippen molar-refractivity contribution in [1.82, 2.24) is 5.32 Å². The Bertz CT molecular complexity index is 439. The Labute approximate surface area is 128 Å². The predicted molar refractivity (Wildman–Crippen MR) is 76.5 cm³/mol. The second-order valence-corrected chi connectivity index (χ2v) is 6.01. The molecule has 3 N–H and O–H groups in total. The van der Waals surface area contributed by atoms with Crippen LogP contribution in [-0.4, -0.2) is 45.7 Å². The lowest BCUT2D eigenvalue weighted by atomic mass is 9.95. The number of carboxylic acids is 2. The zero-order chi connectivity index (χ0) is 17.5. The summed E-state index contributed by atoms with van der Waals surface area (Å²) in [5, 5.41) is 19.9. The molecule has 1 unspecified atom stereocenters. The van der Waals surface area contributed by atoms with Crippen molar-refractivity contribution in [3.05, 3.63) is 0 Å². The first kappa shape index (κ1) is 19.9. The molecule has 0 aliphatic rings. The molecule has 0 aromatic rings. The number of carbonyl (C=O) groups is 4. The summed E-state index contributed by atoms with van der Waals surface area (Å²) in [4.78, 5) is 44.9. The van der Waals surface area contributed by atoms with Crippen LogP contribution in [0.15, 0.2) is 0 Å². The lowest BCUT2D eigenvalue weighted by Crippen LogP contribution is -2.42. The van der Waals surface area contributed by atoms with Crippen molar-refractivity contribution >= 4 is 23.8 Å². The van der Waals surface area contributed by atoms with Crippen molar-refractivity contribution in [3.8, 4) is 0 Å². The number of hydrogen-bond acceptors (Lipinski definition) is 5. The monoisotopic (exact) mass is 317 g/mol. The number of nitrogens with one attached hydrogen (secondary N) is 1. The molecule has 8 heteroatoms. The summed E-state index contributed by atoms with van der Waals surface area (Å²) in [6, 6.07) is -0.915. The maximum absolute atomic E-state index is 11.9. The van der Waals surface area contributed by atoms with Crippen molar-refractivity contribution in [2.24, 2.45) is 5.92 Å². The van der Waals surface area contributed by atoms with Gasteiger partial charge in [-0.15, -0.1) is 0 Å². The van der Waals surface area contributed by atoms with E-state index in [0.29, 0.717) is 0 Å². The molecule has 0 spiro atoms. The highest BCUT2D eigenvalue weighted by molar-refractivity contribution is 5.90. The van der Waals surface area contributed by atoms with E-state index in [4.69, 9.17) is 14.9 Å². The summed E-state index contributed by atoms with van der Waals surface area (Å²) in [5.41, 5.74) is -0.710. The van der Waals surface area contributed by atoms with Crippen LogP contribution in [0, 0.1) is 5.92 Å². The number of alkyl carbamates (subject to hydrolysis) is 1. The quantitative estimate of drug-likeness (QED) is 0.617. The van der Waals surface area contributed by atoms with E-state index in [1.807, 2.05) is 0 Å². The normalized spacial score (nSPS) is 13.8. The fraction of sp³-hybridized carbons (Fsp3) is 0.714. The van der Waals surface area contributed by atoms with Gasteiger partial charge in [0.25, 0.3) is 0 Å². The van der Waals surface area contributed by atoms with Crippen LogP contribution in [0.25, 0.3) is 0 Å². The summed E-state index contributed by atoms with van der Waals surface area (Å²) in [5.74, 6) is -3.95. The zero-order valence-electron chi connectivity index (χ0n) is 13.2. The second kappa shape index (κ2) is 8.35. The van der Waals surface area contributed by atoms with Crippen LogP contribution in [0.5, 0.6) is 0 Å². The molecule has 8 nitrogen and oxygen atoms in total. The fourth-order valence-electron chi connectivity index (χ4n) is 1.60. The summed E-state index contributed by atoms with van der Waals surface area (Å²) < 4.78 is 4.99. The Hall–Kier alpha value is -2.12. The van der Waals surface area contributed by atoms with Gasteiger partial charge in [0.15, 0.2) is 5.78 Å². The van der Waals surface area contributed by atoms with Gasteiger partial charge in [-0.25, -0.2) is 4.79 Å². The molecule has 22 heavy (non-hydrogen) atoms. The first-order valence-electron chi connectivity index (χ1n) is 6.89. The third kappa shape index (κ3) is 8.93. The minimum absolute atomic E-state index is 0.143. The number of ketones is 1. The molecule has 0 saturated heterocycles. The van der Waals surface area contributed by atoms with Gasteiger partial charge >= 0.3 is 18.0 Å². The molecule has 126 valence electrons. The number of carboxylic acid groups (broad SMARTS) is 2. The molecule has 0 aromatic carbocycles. The number of ether oxygens (including phenoxy) is 1. The maximum atomic E-state index is 11.9. The molecular formula is C14H23NO7. The van der Waals surface area contributed by atoms with Crippen LogP contribution in [0.3, 0.4) is 0 Å². The van der Waals surface area contributed by atoms with E-state index < -0.39 is 41.4 Å². The summed E-state index contributed by atoms with van der Waals surface area (Å²) in [6.07, 6.45) is -1.60. The second-order valence-electron chi connectivity index (χ2n) is 6.01. The lowest BCUT2D eigenvalue weighted by molar-refractivity contribution is -0.145. The Kier molecular flexibility index (Phi) is 7.55. The highest BCUT2D eigenvalue weighted by Crippen LogP contribution is 2.14. The molecule has 0 rings (SSSR count). The van der Waals surface area contributed by atoms with Crippen molar-refractivity contribution in [1.29, 1.82) is 0 Å². The van der Waals surface area contributed by atoms with Gasteiger partial charge < -0.3 is 20.3 Å². The SMILES string of the molecule is CC(NC(=O)OC(C)(C)C)C(=O)C[C@H](CCC(=O)O)C(=O)O. The summed E-state index contributed by atoms with van der Waals surface area (Å²) >= 11 is 0. The van der Waals surface area contributed by atoms with Crippen LogP contribution >= 0.6 is 0 Å². The molecule has 0 aliphatic carbocycles. The molecule has 0 bridgehead atoms. The molecule has 1 amide bonds. The van der Waals surface area contributed by atoms with E-state index in [0.717, 1.165) is 0 Å². The number of carbonyl (C=O) groups excluding carboxylic acids is 2. The number of aliphatic carboxylic acids is 2. The van der Waals surface area contributed by atoms with Crippen LogP contribution in [0.1, 0.15) is 47.0 Å². The largest absolute Gasteiger partial charge is 0.481 e. The van der Waals surface area contributed by atoms with Crippen molar-refractivity contribution in [3.63, 3.8) is 0 Å². The van der Waals surface area contributed by atoms with Crippen molar-refractivity contribution < 1.29 is 34.1 Å². The van der Waals surface area contributed by atoms with E-state index in [9.17, 15) is 19.2 Å². The molecular weight excluding hydrogens is 294 g/mol. The Balaban J connectivity index is 4.50. The van der Waals surface area contributed by atoms with E-state index in [-0.39, 0.29) is 19.3 Å². The summed E-state index contributed by atoms with van der Waals surface area (Å²) in [6.45, 7) is 6.44. The highest BCUT2D eigenvalue weighted by Gasteiger charge is 2.26. The standard InChI is InChI=1S/C14H23NO7/c1-8(15-13(21)22-14(2,3)4)10(16)7-9(12(19)20)5-6-11(17)18/h8-9H,5-7H2,1-4H3,(H,15,21)(H,17,18)(H,19,20)/t8?,9-/m0/s1. The van der Waals surface area contributed by atoms with Crippen molar-refractivity contribution in [2.45, 2.75) is 58.6 Å². The maximum Gasteiger partial charge on any atom is 0.408 e. The minimum Gasteiger partial charge on any atom is -0.481 e. The average Bonchev–Trinajstić information content (AvgIpc) is 2.30. The van der Waals surface area contributed by atoms with Gasteiger partial charge in [-0.2, -0.15) is 0 Å². The molecule has 0 fully saturated rings. The van der Waals surface area contributed by atoms with Crippen molar-refractivity contribution in [2.75, 3.05) is 0 Å². The number of rotatable bonds is 8. The number of Topliss-reactive ketones (excluding diaryl/α,β-unsaturated/α-hetero) is 1. The van der Waals surface area contributed by atoms with Crippen LogP contribution in [0.4, 0.5) is 4.79 Å². The minimum atomic E-state index is -1.24. The van der Waals surface area contributed by atoms with Crippen LogP contribution in [0.2, 0.25) is 0 Å². The number of hydrogen-bond donors (Lipinski definition) is 3. The Morgan fingerprint density at radius 3 is 2.09 bits per heavy atom. The Morgan fingerprint density at radius 2 is 1.68 bits per heavy atom. The van der Waals surface area contributed by atoms with Gasteiger partial charge in [0.05, 0.1) is 12.0 Å². The third-order valence-corrected chi connectivity index (χ3v) is 2.72. The van der Waals surface area contributed by atoms with E-state index in [1.165, 1.54) is 6.92 Å². The van der Waals surface area contributed by atoms with Crippen LogP contribution in [-0.2, 0) is 19.1 Å². The molecule has 0 aromatic heterocycles. The highest BCUT2D eigenvalue weighted by atomic mass is 16.6. The Morgan fingerprint density at radius 1 is 1.14 bits per heavy atom. The lowest BCUT2D eigenvalue weighted by Gasteiger charge is -2.22. The first-order valence-corrected chi connectivity index (χ1v) is 6.89. The van der Waals surface area contributed by atoms with E-state index in [1.54, 1.807) is 20.8 Å². The van der Waals surface area contributed by atoms with E-state index in [2.05, 4.69) is 5.32 Å². The third-order valence-electron chi connectivity index (χ3n) is 2.72. The van der Waals surface area contributed by atoms with Gasteiger partial charge in [0.1, 0.15) is 5.60 Å². The predicted octanol–water partition coefficient (Wildman–Crippen LogP) is 1.42. The molecule has 0 aliphatic heterocycles. The fourth-order valence-corrected chi connectivity index (χ4v) is 1.60. The number of amides is 1. The molecule has 0 radical (unpaired) electrons. The van der Waals surface area contributed by atoms with E-state index >= 15 is 0 Å². The van der Waals surface area contributed by atoms with Gasteiger partial charge in [0.2, 0.25) is 0 Å². The topological polar surface area (TPSA) is 130 Å². The smallest absolute Gasteiger partial charge is 0.408 e. The average molecular weight is 317 g/mol. The van der Waals surface area contributed by atoms with Crippen LogP contribution < -0.4 is 5.32 Å².